The van der Waals surface area contributed by atoms with Gasteiger partial charge in [0.25, 0.3) is 0 Å². The third-order valence-electron chi connectivity index (χ3n) is 3.64. The average molecular weight is 271 g/mol. The predicted molar refractivity (Wildman–Crippen MR) is 77.4 cm³/mol. The topological polar surface area (TPSA) is 21.3 Å². The van der Waals surface area contributed by atoms with E-state index in [2.05, 4.69) is 11.4 Å². The molecule has 0 bridgehead atoms. The maximum atomic E-state index is 13.2. The predicted octanol–water partition coefficient (Wildman–Crippen LogP) is 3.23. The molecular formula is C17H18FNO. The zero-order valence-corrected chi connectivity index (χ0v) is 11.5. The summed E-state index contributed by atoms with van der Waals surface area (Å²) in [4.78, 5) is 0. The molecule has 20 heavy (non-hydrogen) atoms. The number of hydrogen-bond acceptors (Lipinski definition) is 2. The van der Waals surface area contributed by atoms with E-state index in [1.807, 2.05) is 30.3 Å². The molecule has 0 spiro atoms. The highest BCUT2D eigenvalue weighted by Crippen LogP contribution is 2.27. The third-order valence-corrected chi connectivity index (χ3v) is 3.64. The molecule has 0 saturated carbocycles. The summed E-state index contributed by atoms with van der Waals surface area (Å²) in [5.74, 6) is 0.847. The minimum absolute atomic E-state index is 0.150. The molecule has 0 radical (unpaired) electrons. The van der Waals surface area contributed by atoms with Crippen LogP contribution in [0.25, 0.3) is 0 Å². The van der Waals surface area contributed by atoms with Crippen LogP contribution >= 0.6 is 0 Å². The minimum Gasteiger partial charge on any atom is -0.488 e. The smallest absolute Gasteiger partial charge is 0.126 e. The summed E-state index contributed by atoms with van der Waals surface area (Å²) < 4.78 is 19.0. The van der Waals surface area contributed by atoms with Crippen LogP contribution in [-0.4, -0.2) is 12.6 Å². The summed E-state index contributed by atoms with van der Waals surface area (Å²) in [5, 5.41) is 3.38. The molecule has 0 fully saturated rings. The van der Waals surface area contributed by atoms with E-state index in [0.717, 1.165) is 30.8 Å². The molecule has 104 valence electrons. The summed E-state index contributed by atoms with van der Waals surface area (Å²) in [6, 6.07) is 13.4. The Labute approximate surface area is 118 Å². The number of nitrogens with one attached hydrogen (secondary N) is 1. The Hall–Kier alpha value is -1.87. The van der Waals surface area contributed by atoms with Gasteiger partial charge in [0, 0.05) is 19.5 Å². The third kappa shape index (κ3) is 2.83. The molecule has 1 aliphatic heterocycles. The van der Waals surface area contributed by atoms with Gasteiger partial charge < -0.3 is 10.1 Å². The van der Waals surface area contributed by atoms with Crippen molar-refractivity contribution in [2.24, 2.45) is 0 Å². The summed E-state index contributed by atoms with van der Waals surface area (Å²) in [7, 11) is 0. The molecule has 1 heterocycles. The van der Waals surface area contributed by atoms with Gasteiger partial charge in [-0.15, -0.1) is 0 Å². The quantitative estimate of drug-likeness (QED) is 0.922. The molecule has 1 aliphatic rings. The molecular weight excluding hydrogens is 253 g/mol. The number of rotatable bonds is 4. The van der Waals surface area contributed by atoms with E-state index in [1.165, 1.54) is 11.6 Å². The van der Waals surface area contributed by atoms with Gasteiger partial charge in [-0.1, -0.05) is 30.3 Å². The van der Waals surface area contributed by atoms with Gasteiger partial charge in [-0.2, -0.15) is 0 Å². The average Bonchev–Trinajstić information content (AvgIpc) is 2.85. The van der Waals surface area contributed by atoms with Gasteiger partial charge in [-0.25, -0.2) is 4.39 Å². The fraction of sp³-hybridized carbons (Fsp3) is 0.294. The number of halogens is 1. The van der Waals surface area contributed by atoms with E-state index in [4.69, 9.17) is 4.74 Å². The van der Waals surface area contributed by atoms with Gasteiger partial charge in [0.2, 0.25) is 0 Å². The van der Waals surface area contributed by atoms with Crippen LogP contribution in [0.3, 0.4) is 0 Å². The summed E-state index contributed by atoms with van der Waals surface area (Å²) in [6.45, 7) is 3.32. The van der Waals surface area contributed by atoms with Gasteiger partial charge >= 0.3 is 0 Å². The molecule has 2 aromatic carbocycles. The van der Waals surface area contributed by atoms with Crippen molar-refractivity contribution in [3.05, 3.63) is 65.0 Å². The second kappa shape index (κ2) is 5.63. The van der Waals surface area contributed by atoms with E-state index >= 15 is 0 Å². The lowest BCUT2D eigenvalue weighted by atomic mass is 10.1. The van der Waals surface area contributed by atoms with Crippen LogP contribution in [-0.2, 0) is 13.0 Å². The number of para-hydroxylation sites is 1. The van der Waals surface area contributed by atoms with E-state index in [0.29, 0.717) is 5.56 Å². The molecule has 3 rings (SSSR count). The van der Waals surface area contributed by atoms with Crippen LogP contribution in [0.2, 0.25) is 0 Å². The zero-order chi connectivity index (χ0) is 13.9. The van der Waals surface area contributed by atoms with Crippen LogP contribution in [0.1, 0.15) is 16.7 Å². The first-order valence-electron chi connectivity index (χ1n) is 6.92. The van der Waals surface area contributed by atoms with Gasteiger partial charge in [0.1, 0.15) is 17.7 Å². The summed E-state index contributed by atoms with van der Waals surface area (Å²) >= 11 is 0. The lowest BCUT2D eigenvalue weighted by Crippen LogP contribution is -2.29. The van der Waals surface area contributed by atoms with E-state index in [9.17, 15) is 4.39 Å². The van der Waals surface area contributed by atoms with Crippen molar-refractivity contribution in [1.82, 2.24) is 5.32 Å². The molecule has 3 heteroatoms. The minimum atomic E-state index is -0.150. The van der Waals surface area contributed by atoms with Crippen LogP contribution < -0.4 is 10.1 Å². The normalized spacial score (nSPS) is 16.8. The van der Waals surface area contributed by atoms with Crippen molar-refractivity contribution in [2.75, 3.05) is 6.54 Å². The van der Waals surface area contributed by atoms with Gasteiger partial charge in [0.05, 0.1) is 0 Å². The molecule has 1 N–H and O–H groups in total. The fourth-order valence-electron chi connectivity index (χ4n) is 2.56. The SMILES string of the molecule is Cc1cc(CNCC2Cc3ccccc3O2)ccc1F. The van der Waals surface area contributed by atoms with Crippen molar-refractivity contribution in [2.45, 2.75) is 26.0 Å². The highest BCUT2D eigenvalue weighted by atomic mass is 19.1. The van der Waals surface area contributed by atoms with Gasteiger partial charge in [-0.05, 0) is 35.7 Å². The fourth-order valence-corrected chi connectivity index (χ4v) is 2.56. The second-order valence-corrected chi connectivity index (χ2v) is 5.27. The van der Waals surface area contributed by atoms with Crippen molar-refractivity contribution in [1.29, 1.82) is 0 Å². The standard InChI is InChI=1S/C17H18FNO/c1-12-8-13(6-7-16(12)18)10-19-11-15-9-14-4-2-3-5-17(14)20-15/h2-8,15,19H,9-11H2,1H3. The van der Waals surface area contributed by atoms with Crippen LogP contribution in [0, 0.1) is 12.7 Å². The van der Waals surface area contributed by atoms with Crippen molar-refractivity contribution < 1.29 is 9.13 Å². The van der Waals surface area contributed by atoms with Crippen molar-refractivity contribution in [3.63, 3.8) is 0 Å². The van der Waals surface area contributed by atoms with Gasteiger partial charge in [-0.3, -0.25) is 0 Å². The number of ether oxygens (including phenoxy) is 1. The molecule has 0 aliphatic carbocycles. The molecule has 0 amide bonds. The molecule has 0 aromatic heterocycles. The maximum Gasteiger partial charge on any atom is 0.126 e. The second-order valence-electron chi connectivity index (χ2n) is 5.27. The number of aryl methyl sites for hydroxylation is 1. The molecule has 1 unspecified atom stereocenters. The first-order chi connectivity index (χ1) is 9.72. The van der Waals surface area contributed by atoms with E-state index in [-0.39, 0.29) is 11.9 Å². The van der Waals surface area contributed by atoms with Crippen LogP contribution in [0.5, 0.6) is 5.75 Å². The molecule has 2 nitrogen and oxygen atoms in total. The van der Waals surface area contributed by atoms with Gasteiger partial charge in [0.15, 0.2) is 0 Å². The number of fused-ring (bicyclic) bond motifs is 1. The highest BCUT2D eigenvalue weighted by molar-refractivity contribution is 5.37. The van der Waals surface area contributed by atoms with Crippen LogP contribution in [0.15, 0.2) is 42.5 Å². The summed E-state index contributed by atoms with van der Waals surface area (Å²) in [5.41, 5.74) is 3.06. The van der Waals surface area contributed by atoms with Crippen molar-refractivity contribution >= 4 is 0 Å². The van der Waals surface area contributed by atoms with E-state index in [1.54, 1.807) is 6.92 Å². The lowest BCUT2D eigenvalue weighted by Gasteiger charge is -2.12. The maximum absolute atomic E-state index is 13.2. The highest BCUT2D eigenvalue weighted by Gasteiger charge is 2.21. The largest absolute Gasteiger partial charge is 0.488 e. The Morgan fingerprint density at radius 2 is 2.10 bits per heavy atom. The zero-order valence-electron chi connectivity index (χ0n) is 11.5. The Morgan fingerprint density at radius 1 is 1.25 bits per heavy atom. The Morgan fingerprint density at radius 3 is 2.90 bits per heavy atom. The van der Waals surface area contributed by atoms with E-state index < -0.39 is 0 Å². The molecule has 1 atom stereocenters. The van der Waals surface area contributed by atoms with Crippen LogP contribution in [0.4, 0.5) is 4.39 Å². The number of benzene rings is 2. The number of hydrogen-bond donors (Lipinski definition) is 1. The molecule has 0 saturated heterocycles. The molecule has 2 aromatic rings. The Balaban J connectivity index is 1.51. The first-order valence-corrected chi connectivity index (χ1v) is 6.92. The summed E-state index contributed by atoms with van der Waals surface area (Å²) in [6.07, 6.45) is 1.14. The first kappa shape index (κ1) is 13.1. The lowest BCUT2D eigenvalue weighted by molar-refractivity contribution is 0.227. The Bertz CT molecular complexity index is 587. The monoisotopic (exact) mass is 271 g/mol. The van der Waals surface area contributed by atoms with Crippen molar-refractivity contribution in [3.8, 4) is 5.75 Å². The Kier molecular flexibility index (Phi) is 3.70.